The third kappa shape index (κ3) is 3.55. The highest BCUT2D eigenvalue weighted by atomic mass is 32.2. The van der Waals surface area contributed by atoms with Crippen LogP contribution in [-0.2, 0) is 21.4 Å². The largest absolute Gasteiger partial charge is 0.454 e. The minimum absolute atomic E-state index is 0.129. The Morgan fingerprint density at radius 2 is 1.95 bits per heavy atom. The van der Waals surface area contributed by atoms with Crippen LogP contribution in [0.25, 0.3) is 0 Å². The number of esters is 1. The van der Waals surface area contributed by atoms with E-state index in [4.69, 9.17) is 9.15 Å². The number of sulfonamides is 1. The zero-order chi connectivity index (χ0) is 16.3. The fourth-order valence-electron chi connectivity index (χ4n) is 1.75. The van der Waals surface area contributed by atoms with E-state index in [-0.39, 0.29) is 17.5 Å². The highest BCUT2D eigenvalue weighted by Gasteiger charge is 2.21. The van der Waals surface area contributed by atoms with Crippen LogP contribution >= 0.6 is 0 Å². The average molecular weight is 323 g/mol. The fourth-order valence-corrected chi connectivity index (χ4v) is 2.56. The van der Waals surface area contributed by atoms with Gasteiger partial charge in [0.05, 0.1) is 5.56 Å². The molecular weight excluding hydrogens is 306 g/mol. The van der Waals surface area contributed by atoms with Crippen LogP contribution in [0.5, 0.6) is 0 Å². The van der Waals surface area contributed by atoms with Gasteiger partial charge in [0.15, 0.2) is 0 Å². The molecule has 0 spiro atoms. The average Bonchev–Trinajstić information content (AvgIpc) is 2.94. The number of benzene rings is 1. The first-order valence-corrected chi connectivity index (χ1v) is 8.00. The van der Waals surface area contributed by atoms with E-state index in [1.54, 1.807) is 18.2 Å². The van der Waals surface area contributed by atoms with Gasteiger partial charge in [0.1, 0.15) is 12.4 Å². The molecule has 2 rings (SSSR count). The second-order valence-electron chi connectivity index (χ2n) is 4.95. The molecule has 0 N–H and O–H groups in total. The summed E-state index contributed by atoms with van der Waals surface area (Å²) in [5.41, 5.74) is 1.39. The molecule has 0 saturated carbocycles. The summed E-state index contributed by atoms with van der Waals surface area (Å²) >= 11 is 0. The number of nitrogens with zero attached hydrogens (tertiary/aromatic N) is 1. The lowest BCUT2D eigenvalue weighted by molar-refractivity contribution is 0.0440. The number of hydrogen-bond acceptors (Lipinski definition) is 5. The standard InChI is InChI=1S/C15H17NO5S/c1-11-5-4-6-12(9-11)15(17)20-10-13-7-8-14(21-13)22(18,19)16(2)3/h4-9H,10H2,1-3H3. The maximum Gasteiger partial charge on any atom is 0.338 e. The summed E-state index contributed by atoms with van der Waals surface area (Å²) in [5, 5.41) is -0.181. The van der Waals surface area contributed by atoms with Gasteiger partial charge in [0, 0.05) is 14.1 Å². The van der Waals surface area contributed by atoms with Crippen LogP contribution in [0.1, 0.15) is 21.7 Å². The highest BCUT2D eigenvalue weighted by molar-refractivity contribution is 7.88. The Kier molecular flexibility index (Phi) is 4.68. The number of hydrogen-bond donors (Lipinski definition) is 0. The lowest BCUT2D eigenvalue weighted by Crippen LogP contribution is -2.21. The normalized spacial score (nSPS) is 11.6. The summed E-state index contributed by atoms with van der Waals surface area (Å²) in [6.07, 6.45) is 0. The molecule has 118 valence electrons. The maximum absolute atomic E-state index is 11.9. The number of furan rings is 1. The Labute approximate surface area is 129 Å². The Morgan fingerprint density at radius 1 is 1.23 bits per heavy atom. The summed E-state index contributed by atoms with van der Waals surface area (Å²) in [5.74, 6) is -0.224. The van der Waals surface area contributed by atoms with Crippen molar-refractivity contribution in [3.63, 3.8) is 0 Å². The van der Waals surface area contributed by atoms with Gasteiger partial charge in [0.2, 0.25) is 5.09 Å². The molecule has 1 aromatic carbocycles. The molecule has 2 aromatic rings. The lowest BCUT2D eigenvalue weighted by atomic mass is 10.1. The van der Waals surface area contributed by atoms with Crippen LogP contribution < -0.4 is 0 Å². The molecule has 0 atom stereocenters. The zero-order valence-electron chi connectivity index (χ0n) is 12.6. The molecule has 0 unspecified atom stereocenters. The highest BCUT2D eigenvalue weighted by Crippen LogP contribution is 2.18. The van der Waals surface area contributed by atoms with Crippen molar-refractivity contribution < 1.29 is 22.4 Å². The second kappa shape index (κ2) is 6.33. The van der Waals surface area contributed by atoms with E-state index in [2.05, 4.69) is 0 Å². The minimum atomic E-state index is -3.63. The predicted molar refractivity (Wildman–Crippen MR) is 79.9 cm³/mol. The van der Waals surface area contributed by atoms with Crippen LogP contribution in [0.3, 0.4) is 0 Å². The van der Waals surface area contributed by atoms with Crippen molar-refractivity contribution in [2.75, 3.05) is 14.1 Å². The van der Waals surface area contributed by atoms with Gasteiger partial charge in [-0.1, -0.05) is 17.7 Å². The molecule has 0 aliphatic heterocycles. The number of aryl methyl sites for hydroxylation is 1. The van der Waals surface area contributed by atoms with Gasteiger partial charge in [-0.15, -0.1) is 0 Å². The van der Waals surface area contributed by atoms with E-state index in [1.807, 2.05) is 13.0 Å². The zero-order valence-corrected chi connectivity index (χ0v) is 13.4. The summed E-state index contributed by atoms with van der Waals surface area (Å²) in [6, 6.07) is 9.82. The van der Waals surface area contributed by atoms with Gasteiger partial charge in [0.25, 0.3) is 10.0 Å². The molecule has 1 aromatic heterocycles. The van der Waals surface area contributed by atoms with E-state index >= 15 is 0 Å². The lowest BCUT2D eigenvalue weighted by Gasteiger charge is -2.08. The number of ether oxygens (including phenoxy) is 1. The molecular formula is C15H17NO5S. The first-order valence-electron chi connectivity index (χ1n) is 6.56. The molecule has 0 bridgehead atoms. The summed E-state index contributed by atoms with van der Waals surface area (Å²) in [6.45, 7) is 1.75. The van der Waals surface area contributed by atoms with Crippen molar-refractivity contribution in [2.24, 2.45) is 0 Å². The Balaban J connectivity index is 2.04. The molecule has 7 heteroatoms. The van der Waals surface area contributed by atoms with Crippen molar-refractivity contribution in [1.82, 2.24) is 4.31 Å². The summed E-state index contributed by atoms with van der Waals surface area (Å²) < 4.78 is 35.1. The van der Waals surface area contributed by atoms with Crippen molar-refractivity contribution in [1.29, 1.82) is 0 Å². The van der Waals surface area contributed by atoms with E-state index in [0.717, 1.165) is 9.87 Å². The van der Waals surface area contributed by atoms with Crippen LogP contribution in [0.2, 0.25) is 0 Å². The summed E-state index contributed by atoms with van der Waals surface area (Å²) in [7, 11) is -0.802. The monoisotopic (exact) mass is 323 g/mol. The summed E-state index contributed by atoms with van der Waals surface area (Å²) in [4.78, 5) is 11.9. The van der Waals surface area contributed by atoms with E-state index < -0.39 is 16.0 Å². The molecule has 0 saturated heterocycles. The SMILES string of the molecule is Cc1cccc(C(=O)OCc2ccc(S(=O)(=O)N(C)C)o2)c1. The molecule has 1 heterocycles. The molecule has 0 radical (unpaired) electrons. The van der Waals surface area contributed by atoms with Crippen LogP contribution in [-0.4, -0.2) is 32.8 Å². The third-order valence-corrected chi connectivity index (χ3v) is 4.66. The van der Waals surface area contributed by atoms with Gasteiger partial charge in [-0.25, -0.2) is 17.5 Å². The van der Waals surface area contributed by atoms with E-state index in [0.29, 0.717) is 5.56 Å². The Bertz CT molecular complexity index is 777. The topological polar surface area (TPSA) is 76.8 Å². The van der Waals surface area contributed by atoms with Crippen LogP contribution in [0, 0.1) is 6.92 Å². The van der Waals surface area contributed by atoms with Crippen molar-refractivity contribution in [3.05, 3.63) is 53.3 Å². The molecule has 0 aliphatic rings. The quantitative estimate of drug-likeness (QED) is 0.788. The van der Waals surface area contributed by atoms with E-state index in [9.17, 15) is 13.2 Å². The van der Waals surface area contributed by atoms with Crippen LogP contribution in [0.15, 0.2) is 45.9 Å². The molecule has 0 amide bonds. The number of rotatable bonds is 5. The number of carbonyl (C=O) groups is 1. The Hall–Kier alpha value is -2.12. The molecule has 0 aliphatic carbocycles. The van der Waals surface area contributed by atoms with Gasteiger partial charge in [-0.3, -0.25) is 0 Å². The second-order valence-corrected chi connectivity index (χ2v) is 7.04. The Morgan fingerprint density at radius 3 is 2.59 bits per heavy atom. The fraction of sp³-hybridized carbons (Fsp3) is 0.267. The first kappa shape index (κ1) is 16.3. The van der Waals surface area contributed by atoms with Crippen molar-refractivity contribution in [2.45, 2.75) is 18.6 Å². The molecule has 6 nitrogen and oxygen atoms in total. The number of carbonyl (C=O) groups excluding carboxylic acids is 1. The predicted octanol–water partition coefficient (Wildman–Crippen LogP) is 2.20. The third-order valence-electron chi connectivity index (χ3n) is 2.97. The van der Waals surface area contributed by atoms with Crippen molar-refractivity contribution in [3.8, 4) is 0 Å². The van der Waals surface area contributed by atoms with E-state index in [1.165, 1.54) is 26.2 Å². The molecule has 0 fully saturated rings. The maximum atomic E-state index is 11.9. The van der Waals surface area contributed by atoms with Gasteiger partial charge >= 0.3 is 5.97 Å². The van der Waals surface area contributed by atoms with Crippen molar-refractivity contribution >= 4 is 16.0 Å². The smallest absolute Gasteiger partial charge is 0.338 e. The minimum Gasteiger partial charge on any atom is -0.454 e. The van der Waals surface area contributed by atoms with Gasteiger partial charge < -0.3 is 9.15 Å². The van der Waals surface area contributed by atoms with Gasteiger partial charge in [-0.05, 0) is 31.2 Å². The van der Waals surface area contributed by atoms with Crippen LogP contribution in [0.4, 0.5) is 0 Å². The molecule has 22 heavy (non-hydrogen) atoms. The van der Waals surface area contributed by atoms with Gasteiger partial charge in [-0.2, -0.15) is 0 Å². The first-order chi connectivity index (χ1) is 10.3.